The van der Waals surface area contributed by atoms with Crippen LogP contribution >= 0.6 is 23.5 Å². The zero-order valence-electron chi connectivity index (χ0n) is 11.8. The summed E-state index contributed by atoms with van der Waals surface area (Å²) in [5, 5.41) is 3.00. The summed E-state index contributed by atoms with van der Waals surface area (Å²) in [4.78, 5) is 23.8. The van der Waals surface area contributed by atoms with Gasteiger partial charge in [0.1, 0.15) is 0 Å². The van der Waals surface area contributed by atoms with Gasteiger partial charge in [-0.1, -0.05) is 11.8 Å². The van der Waals surface area contributed by atoms with Gasteiger partial charge < -0.3 is 9.74 Å². The average Bonchev–Trinajstić information content (AvgIpc) is 2.24. The fourth-order valence-electron chi connectivity index (χ4n) is 2.54. The molecule has 4 nitrogen and oxygen atoms in total. The predicted octanol–water partition coefficient (Wildman–Crippen LogP) is 1.72. The van der Waals surface area contributed by atoms with Crippen LogP contribution in [0.2, 0.25) is 19.6 Å². The number of rotatable bonds is 4. The van der Waals surface area contributed by atoms with Gasteiger partial charge in [-0.25, -0.2) is 0 Å². The van der Waals surface area contributed by atoms with Crippen LogP contribution in [0.3, 0.4) is 0 Å². The van der Waals surface area contributed by atoms with E-state index in [1.165, 1.54) is 11.8 Å². The van der Waals surface area contributed by atoms with Crippen LogP contribution < -0.4 is 5.32 Å². The number of hydrogen-bond donors (Lipinski definition) is 1. The van der Waals surface area contributed by atoms with E-state index < -0.39 is 8.32 Å². The van der Waals surface area contributed by atoms with Crippen molar-refractivity contribution < 1.29 is 14.0 Å². The van der Waals surface area contributed by atoms with Crippen molar-refractivity contribution in [2.75, 3.05) is 11.5 Å². The van der Waals surface area contributed by atoms with Crippen molar-refractivity contribution >= 4 is 42.9 Å². The third-order valence-electron chi connectivity index (χ3n) is 3.23. The lowest BCUT2D eigenvalue weighted by molar-refractivity contribution is -0.140. The fourth-order valence-corrected chi connectivity index (χ4v) is 6.27. The molecule has 108 valence electrons. The summed E-state index contributed by atoms with van der Waals surface area (Å²) in [6.07, 6.45) is -0.106. The van der Waals surface area contributed by atoms with Gasteiger partial charge in [-0.2, -0.15) is 0 Å². The molecule has 0 aromatic carbocycles. The lowest BCUT2D eigenvalue weighted by atomic mass is 9.84. The zero-order valence-corrected chi connectivity index (χ0v) is 14.4. The minimum atomic E-state index is -1.67. The van der Waals surface area contributed by atoms with Crippen LogP contribution in [0.5, 0.6) is 0 Å². The third kappa shape index (κ3) is 3.56. The lowest BCUT2D eigenvalue weighted by Crippen LogP contribution is -2.68. The number of thioether (sulfide) groups is 2. The molecule has 2 aliphatic rings. The highest BCUT2D eigenvalue weighted by atomic mass is 32.2. The number of carbonyl (C=O) groups excluding carboxylic acids is 2. The Morgan fingerprint density at radius 3 is 2.53 bits per heavy atom. The lowest BCUT2D eigenvalue weighted by Gasteiger charge is -2.45. The Balaban J connectivity index is 2.02. The van der Waals surface area contributed by atoms with Crippen LogP contribution in [-0.4, -0.2) is 48.2 Å². The second-order valence-electron chi connectivity index (χ2n) is 5.95. The number of hydrogen-bond acceptors (Lipinski definition) is 5. The Kier molecular flexibility index (Phi) is 4.70. The molecule has 0 radical (unpaired) electrons. The van der Waals surface area contributed by atoms with Crippen molar-refractivity contribution in [2.45, 2.75) is 44.0 Å². The summed E-state index contributed by atoms with van der Waals surface area (Å²) >= 11 is 3.06. The molecule has 0 aromatic rings. The van der Waals surface area contributed by atoms with E-state index in [-0.39, 0.29) is 34.3 Å². The van der Waals surface area contributed by atoms with Crippen LogP contribution in [0.25, 0.3) is 0 Å². The molecule has 0 bridgehead atoms. The van der Waals surface area contributed by atoms with E-state index in [1.807, 2.05) is 6.92 Å². The average molecular weight is 320 g/mol. The van der Waals surface area contributed by atoms with Crippen molar-refractivity contribution in [3.63, 3.8) is 0 Å². The number of amides is 1. The van der Waals surface area contributed by atoms with Gasteiger partial charge in [0.05, 0.1) is 23.3 Å². The van der Waals surface area contributed by atoms with Gasteiger partial charge in [0.15, 0.2) is 8.32 Å². The van der Waals surface area contributed by atoms with Crippen molar-refractivity contribution in [3.05, 3.63) is 0 Å². The maximum Gasteiger partial charge on any atom is 0.228 e. The maximum atomic E-state index is 11.9. The molecule has 19 heavy (non-hydrogen) atoms. The summed E-state index contributed by atoms with van der Waals surface area (Å²) in [6.45, 7) is 8.31. The number of carbonyl (C=O) groups is 2. The molecule has 1 unspecified atom stereocenters. The molecule has 4 atom stereocenters. The molecule has 0 aliphatic carbocycles. The minimum Gasteiger partial charge on any atom is -0.414 e. The van der Waals surface area contributed by atoms with Crippen LogP contribution in [0.1, 0.15) is 6.92 Å². The van der Waals surface area contributed by atoms with Crippen molar-refractivity contribution in [2.24, 2.45) is 5.92 Å². The monoisotopic (exact) mass is 319 g/mol. The van der Waals surface area contributed by atoms with Gasteiger partial charge >= 0.3 is 0 Å². The first-order valence-electron chi connectivity index (χ1n) is 6.56. The Morgan fingerprint density at radius 1 is 1.32 bits per heavy atom. The molecule has 0 saturated carbocycles. The highest BCUT2D eigenvalue weighted by Gasteiger charge is 2.50. The second kappa shape index (κ2) is 5.79. The predicted molar refractivity (Wildman–Crippen MR) is 83.0 cm³/mol. The van der Waals surface area contributed by atoms with Crippen LogP contribution in [0.15, 0.2) is 0 Å². The van der Waals surface area contributed by atoms with E-state index in [9.17, 15) is 9.59 Å². The van der Waals surface area contributed by atoms with E-state index in [0.717, 1.165) is 11.5 Å². The quantitative estimate of drug-likeness (QED) is 0.631. The summed E-state index contributed by atoms with van der Waals surface area (Å²) in [7, 11) is -1.67. The Hall–Kier alpha value is 0.0169. The molecule has 0 spiro atoms. The second-order valence-corrected chi connectivity index (χ2v) is 12.8. The highest BCUT2D eigenvalue weighted by molar-refractivity contribution is 8.18. The molecule has 1 amide bonds. The Bertz CT molecular complexity index is 386. The van der Waals surface area contributed by atoms with E-state index in [0.29, 0.717) is 0 Å². The van der Waals surface area contributed by atoms with Crippen molar-refractivity contribution in [1.29, 1.82) is 0 Å². The van der Waals surface area contributed by atoms with Gasteiger partial charge in [0, 0.05) is 11.5 Å². The molecular weight excluding hydrogens is 298 g/mol. The van der Waals surface area contributed by atoms with Gasteiger partial charge in [0.2, 0.25) is 11.0 Å². The summed E-state index contributed by atoms with van der Waals surface area (Å²) < 4.78 is 6.02. The highest BCUT2D eigenvalue weighted by Crippen LogP contribution is 2.36. The minimum absolute atomic E-state index is 0.0275. The first-order valence-corrected chi connectivity index (χ1v) is 12.0. The Labute approximate surface area is 123 Å². The topological polar surface area (TPSA) is 55.4 Å². The van der Waals surface area contributed by atoms with E-state index >= 15 is 0 Å². The first kappa shape index (κ1) is 15.4. The van der Waals surface area contributed by atoms with Gasteiger partial charge in [-0.3, -0.25) is 9.59 Å². The largest absolute Gasteiger partial charge is 0.414 e. The SMILES string of the molecule is C[C@@H](O[Si](C)(C)C)[C@H]1C(=O)N[C@@H]1C1SCCSC1=O. The van der Waals surface area contributed by atoms with E-state index in [2.05, 4.69) is 25.0 Å². The maximum absolute atomic E-state index is 11.9. The van der Waals surface area contributed by atoms with Crippen molar-refractivity contribution in [3.8, 4) is 0 Å². The zero-order chi connectivity index (χ0) is 14.2. The van der Waals surface area contributed by atoms with Gasteiger partial charge in [-0.15, -0.1) is 11.8 Å². The van der Waals surface area contributed by atoms with Gasteiger partial charge in [0.25, 0.3) is 0 Å². The molecular formula is C12H21NO3S2Si. The van der Waals surface area contributed by atoms with Crippen LogP contribution in [-0.2, 0) is 14.0 Å². The number of nitrogens with one attached hydrogen (secondary N) is 1. The summed E-state index contributed by atoms with van der Waals surface area (Å²) in [6, 6.07) is -0.0517. The molecule has 1 N–H and O–H groups in total. The molecule has 2 saturated heterocycles. The number of β-lactam (4-membered cyclic amide) rings is 1. The Morgan fingerprint density at radius 2 is 2.00 bits per heavy atom. The normalized spacial score (nSPS) is 33.6. The summed E-state index contributed by atoms with van der Waals surface area (Å²) in [5.74, 6) is 1.71. The van der Waals surface area contributed by atoms with Gasteiger partial charge in [-0.05, 0) is 26.6 Å². The molecule has 2 fully saturated rings. The molecule has 2 rings (SSSR count). The molecule has 7 heteroatoms. The standard InChI is InChI=1S/C12H21NO3S2Si/c1-7(16-19(2,3)4)8-9(13-11(8)14)10-12(15)18-6-5-17-10/h7-10H,5-6H2,1-4H3,(H,13,14)/t7-,8-,9+,10?/m1/s1. The van der Waals surface area contributed by atoms with Crippen molar-refractivity contribution in [1.82, 2.24) is 5.32 Å². The van der Waals surface area contributed by atoms with Crippen LogP contribution in [0.4, 0.5) is 0 Å². The molecule has 2 heterocycles. The van der Waals surface area contributed by atoms with E-state index in [4.69, 9.17) is 4.43 Å². The smallest absolute Gasteiger partial charge is 0.228 e. The molecule has 2 aliphatic heterocycles. The first-order chi connectivity index (χ1) is 8.79. The fraction of sp³-hybridized carbons (Fsp3) is 0.833. The summed E-state index contributed by atoms with van der Waals surface area (Å²) in [5.41, 5.74) is 0. The molecule has 0 aromatic heterocycles. The third-order valence-corrected chi connectivity index (χ3v) is 6.97. The van der Waals surface area contributed by atoms with E-state index in [1.54, 1.807) is 11.8 Å². The van der Waals surface area contributed by atoms with Crippen LogP contribution in [0, 0.1) is 5.92 Å².